The van der Waals surface area contributed by atoms with Gasteiger partial charge < -0.3 is 5.32 Å². The van der Waals surface area contributed by atoms with Gasteiger partial charge in [0.15, 0.2) is 0 Å². The zero-order valence-corrected chi connectivity index (χ0v) is 9.71. The average molecular weight is 205 g/mol. The van der Waals surface area contributed by atoms with E-state index in [4.69, 9.17) is 0 Å². The Labute approximate surface area is 91.7 Å². The maximum atomic E-state index is 11.7. The minimum Gasteiger partial charge on any atom is -0.356 e. The van der Waals surface area contributed by atoms with Crippen molar-refractivity contribution in [1.29, 1.82) is 0 Å². The predicted octanol–water partition coefficient (Wildman–Crippen LogP) is 2.62. The van der Waals surface area contributed by atoms with Gasteiger partial charge in [0.2, 0.25) is 5.91 Å². The van der Waals surface area contributed by atoms with Gasteiger partial charge in [-0.3, -0.25) is 4.79 Å². The molecular weight excluding hydrogens is 186 g/mol. The molecule has 0 heterocycles. The zero-order valence-electron chi connectivity index (χ0n) is 9.71. The maximum absolute atomic E-state index is 11.7. The van der Waals surface area contributed by atoms with Crippen LogP contribution < -0.4 is 5.32 Å². The van der Waals surface area contributed by atoms with Gasteiger partial charge in [-0.15, -0.1) is 0 Å². The van der Waals surface area contributed by atoms with Crippen LogP contribution >= 0.6 is 0 Å². The first kappa shape index (κ1) is 11.8. The zero-order chi connectivity index (χ0) is 11.3. The first-order valence-corrected chi connectivity index (χ1v) is 5.49. The molecule has 0 radical (unpaired) electrons. The van der Waals surface area contributed by atoms with Crippen LogP contribution in [-0.4, -0.2) is 12.5 Å². The van der Waals surface area contributed by atoms with E-state index in [1.54, 1.807) is 0 Å². The van der Waals surface area contributed by atoms with E-state index < -0.39 is 0 Å². The average Bonchev–Trinajstić information content (AvgIpc) is 2.26. The number of hydrogen-bond acceptors (Lipinski definition) is 1. The molecule has 0 bridgehead atoms. The summed E-state index contributed by atoms with van der Waals surface area (Å²) < 4.78 is 0. The van der Waals surface area contributed by atoms with Crippen molar-refractivity contribution >= 4 is 5.91 Å². The summed E-state index contributed by atoms with van der Waals surface area (Å²) >= 11 is 0. The minimum absolute atomic E-state index is 0.0582. The third-order valence-electron chi connectivity index (χ3n) is 2.52. The van der Waals surface area contributed by atoms with Crippen LogP contribution in [0.4, 0.5) is 0 Å². The van der Waals surface area contributed by atoms with Crippen molar-refractivity contribution in [3.63, 3.8) is 0 Å². The van der Waals surface area contributed by atoms with Gasteiger partial charge in [0.05, 0.1) is 5.92 Å². The van der Waals surface area contributed by atoms with Crippen LogP contribution in [0.5, 0.6) is 0 Å². The van der Waals surface area contributed by atoms with Crippen LogP contribution in [0.3, 0.4) is 0 Å². The largest absolute Gasteiger partial charge is 0.356 e. The molecular formula is C13H19NO. The maximum Gasteiger partial charge on any atom is 0.227 e. The van der Waals surface area contributed by atoms with Crippen molar-refractivity contribution in [2.24, 2.45) is 0 Å². The second kappa shape index (κ2) is 5.54. The van der Waals surface area contributed by atoms with Gasteiger partial charge in [0.25, 0.3) is 0 Å². The Hall–Kier alpha value is -1.31. The summed E-state index contributed by atoms with van der Waals surface area (Å²) in [4.78, 5) is 11.7. The van der Waals surface area contributed by atoms with Crippen LogP contribution in [-0.2, 0) is 4.79 Å². The molecule has 1 aromatic carbocycles. The summed E-state index contributed by atoms with van der Waals surface area (Å²) in [5.41, 5.74) is 2.30. The Morgan fingerprint density at radius 2 is 1.93 bits per heavy atom. The molecule has 0 saturated carbocycles. The van der Waals surface area contributed by atoms with E-state index in [-0.39, 0.29) is 11.8 Å². The molecule has 0 aromatic heterocycles. The van der Waals surface area contributed by atoms with Gasteiger partial charge in [0.1, 0.15) is 0 Å². The Bertz CT molecular complexity index is 316. The molecule has 1 atom stereocenters. The summed E-state index contributed by atoms with van der Waals surface area (Å²) in [5, 5.41) is 2.91. The van der Waals surface area contributed by atoms with Crippen molar-refractivity contribution in [2.75, 3.05) is 6.54 Å². The number of carbonyl (C=O) groups is 1. The highest BCUT2D eigenvalue weighted by molar-refractivity contribution is 5.83. The molecule has 0 spiro atoms. The lowest BCUT2D eigenvalue weighted by Crippen LogP contribution is -2.28. The SMILES string of the molecule is CCCNC(=O)C(C)c1ccc(C)cc1. The second-order valence-electron chi connectivity index (χ2n) is 3.92. The molecule has 82 valence electrons. The van der Waals surface area contributed by atoms with Crippen LogP contribution in [0, 0.1) is 6.92 Å². The first-order valence-electron chi connectivity index (χ1n) is 5.49. The van der Waals surface area contributed by atoms with Crippen molar-refractivity contribution in [1.82, 2.24) is 5.32 Å². The molecule has 0 saturated heterocycles. The van der Waals surface area contributed by atoms with E-state index in [2.05, 4.69) is 12.2 Å². The van der Waals surface area contributed by atoms with E-state index in [0.717, 1.165) is 18.5 Å². The molecule has 1 aromatic rings. The monoisotopic (exact) mass is 205 g/mol. The van der Waals surface area contributed by atoms with Gasteiger partial charge in [-0.25, -0.2) is 0 Å². The topological polar surface area (TPSA) is 29.1 Å². The summed E-state index contributed by atoms with van der Waals surface area (Å²) in [6, 6.07) is 8.12. The Kier molecular flexibility index (Phi) is 4.35. The van der Waals surface area contributed by atoms with E-state index >= 15 is 0 Å². The summed E-state index contributed by atoms with van der Waals surface area (Å²) in [6.45, 7) is 6.80. The van der Waals surface area contributed by atoms with Crippen LogP contribution in [0.15, 0.2) is 24.3 Å². The first-order chi connectivity index (χ1) is 7.15. The molecule has 2 heteroatoms. The number of nitrogens with one attached hydrogen (secondary N) is 1. The molecule has 1 rings (SSSR count). The lowest BCUT2D eigenvalue weighted by Gasteiger charge is -2.12. The molecule has 0 aliphatic carbocycles. The normalized spacial score (nSPS) is 12.2. The number of carbonyl (C=O) groups excluding carboxylic acids is 1. The quantitative estimate of drug-likeness (QED) is 0.804. The highest BCUT2D eigenvalue weighted by Gasteiger charge is 2.13. The molecule has 0 aliphatic rings. The predicted molar refractivity (Wildman–Crippen MR) is 62.9 cm³/mol. The van der Waals surface area contributed by atoms with Crippen molar-refractivity contribution in [3.05, 3.63) is 35.4 Å². The van der Waals surface area contributed by atoms with E-state index in [0.29, 0.717) is 0 Å². The fourth-order valence-electron chi connectivity index (χ4n) is 1.41. The summed E-state index contributed by atoms with van der Waals surface area (Å²) in [6.07, 6.45) is 0.979. The highest BCUT2D eigenvalue weighted by atomic mass is 16.1. The molecule has 1 amide bonds. The van der Waals surface area contributed by atoms with Crippen molar-refractivity contribution in [3.8, 4) is 0 Å². The third-order valence-corrected chi connectivity index (χ3v) is 2.52. The number of rotatable bonds is 4. The van der Waals surface area contributed by atoms with Crippen LogP contribution in [0.1, 0.15) is 37.3 Å². The van der Waals surface area contributed by atoms with Crippen LogP contribution in [0.2, 0.25) is 0 Å². The van der Waals surface area contributed by atoms with Gasteiger partial charge >= 0.3 is 0 Å². The lowest BCUT2D eigenvalue weighted by atomic mass is 9.99. The Morgan fingerprint density at radius 3 is 2.47 bits per heavy atom. The lowest BCUT2D eigenvalue weighted by molar-refractivity contribution is -0.122. The minimum atomic E-state index is -0.0582. The number of aryl methyl sites for hydroxylation is 1. The molecule has 1 unspecified atom stereocenters. The Morgan fingerprint density at radius 1 is 1.33 bits per heavy atom. The van der Waals surface area contributed by atoms with Gasteiger partial charge in [0, 0.05) is 6.54 Å². The standard InChI is InChI=1S/C13H19NO/c1-4-9-14-13(15)11(3)12-7-5-10(2)6-8-12/h5-8,11H,4,9H2,1-3H3,(H,14,15). The number of benzene rings is 1. The highest BCUT2D eigenvalue weighted by Crippen LogP contribution is 2.15. The Balaban J connectivity index is 2.63. The molecule has 15 heavy (non-hydrogen) atoms. The fourth-order valence-corrected chi connectivity index (χ4v) is 1.41. The van der Waals surface area contributed by atoms with Gasteiger partial charge in [-0.2, -0.15) is 0 Å². The smallest absolute Gasteiger partial charge is 0.227 e. The molecule has 0 fully saturated rings. The number of amides is 1. The van der Waals surface area contributed by atoms with E-state index in [9.17, 15) is 4.79 Å². The molecule has 0 aliphatic heterocycles. The third kappa shape index (κ3) is 3.39. The van der Waals surface area contributed by atoms with Crippen LogP contribution in [0.25, 0.3) is 0 Å². The molecule has 2 nitrogen and oxygen atoms in total. The molecule has 1 N–H and O–H groups in total. The number of hydrogen-bond donors (Lipinski definition) is 1. The van der Waals surface area contributed by atoms with Gasteiger partial charge in [-0.05, 0) is 25.8 Å². The van der Waals surface area contributed by atoms with Crippen molar-refractivity contribution < 1.29 is 4.79 Å². The fraction of sp³-hybridized carbons (Fsp3) is 0.462. The van der Waals surface area contributed by atoms with E-state index in [1.807, 2.05) is 38.1 Å². The van der Waals surface area contributed by atoms with Gasteiger partial charge in [-0.1, -0.05) is 36.8 Å². The van der Waals surface area contributed by atoms with E-state index in [1.165, 1.54) is 5.56 Å². The second-order valence-corrected chi connectivity index (χ2v) is 3.92. The summed E-state index contributed by atoms with van der Waals surface area (Å²) in [7, 11) is 0. The summed E-state index contributed by atoms with van der Waals surface area (Å²) in [5.74, 6) is 0.0536. The van der Waals surface area contributed by atoms with Crippen molar-refractivity contribution in [2.45, 2.75) is 33.1 Å².